The summed E-state index contributed by atoms with van der Waals surface area (Å²) in [5.41, 5.74) is -0.315. The van der Waals surface area contributed by atoms with E-state index in [0.29, 0.717) is 24.0 Å². The summed E-state index contributed by atoms with van der Waals surface area (Å²) in [7, 11) is 0. The molecule has 3 aromatic rings. The summed E-state index contributed by atoms with van der Waals surface area (Å²) in [5.74, 6) is 0. The second kappa shape index (κ2) is 8.15. The van der Waals surface area contributed by atoms with Gasteiger partial charge in [0.1, 0.15) is 0 Å². The molecule has 0 spiro atoms. The molecular weight excluding hydrogens is 401 g/mol. The molecule has 1 heterocycles. The van der Waals surface area contributed by atoms with E-state index in [1.54, 1.807) is 24.4 Å². The first-order chi connectivity index (χ1) is 14.8. The number of nitrogens with one attached hydrogen (secondary N) is 1. The van der Waals surface area contributed by atoms with E-state index in [2.05, 4.69) is 10.3 Å². The van der Waals surface area contributed by atoms with Crippen LogP contribution in [0.25, 0.3) is 10.9 Å². The van der Waals surface area contributed by atoms with Crippen LogP contribution in [0.3, 0.4) is 0 Å². The number of nitrogens with zero attached hydrogens (tertiary/aromatic N) is 1. The number of hydrogen-bond acceptors (Lipinski definition) is 3. The van der Waals surface area contributed by atoms with Crippen molar-refractivity contribution in [2.75, 3.05) is 11.9 Å². The van der Waals surface area contributed by atoms with Crippen molar-refractivity contribution in [3.05, 3.63) is 71.9 Å². The van der Waals surface area contributed by atoms with E-state index in [9.17, 15) is 18.3 Å². The SMILES string of the molecule is CCC1(CC(O)(CNc2cccc3ncccc23)C(F)(F)F)CCCc2ccccc21. The van der Waals surface area contributed by atoms with Crippen LogP contribution in [0.2, 0.25) is 0 Å². The van der Waals surface area contributed by atoms with Crippen molar-refractivity contribution < 1.29 is 18.3 Å². The number of aromatic nitrogens is 1. The fourth-order valence-corrected chi connectivity index (χ4v) is 5.01. The molecule has 0 aliphatic heterocycles. The van der Waals surface area contributed by atoms with E-state index in [1.165, 1.54) is 0 Å². The molecule has 2 atom stereocenters. The van der Waals surface area contributed by atoms with Gasteiger partial charge >= 0.3 is 6.18 Å². The molecule has 2 aromatic carbocycles. The number of halogens is 3. The van der Waals surface area contributed by atoms with Gasteiger partial charge in [0.25, 0.3) is 0 Å². The monoisotopic (exact) mass is 428 g/mol. The van der Waals surface area contributed by atoms with Crippen molar-refractivity contribution in [3.8, 4) is 0 Å². The molecule has 0 bridgehead atoms. The van der Waals surface area contributed by atoms with Gasteiger partial charge in [0, 0.05) is 17.3 Å². The Morgan fingerprint density at radius 1 is 1.06 bits per heavy atom. The van der Waals surface area contributed by atoms with Crippen LogP contribution < -0.4 is 5.32 Å². The van der Waals surface area contributed by atoms with Gasteiger partial charge in [-0.05, 0) is 72.9 Å². The number of anilines is 1. The van der Waals surface area contributed by atoms with Crippen LogP contribution in [0.4, 0.5) is 18.9 Å². The van der Waals surface area contributed by atoms with Crippen LogP contribution in [-0.2, 0) is 11.8 Å². The summed E-state index contributed by atoms with van der Waals surface area (Å²) < 4.78 is 42.8. The fourth-order valence-electron chi connectivity index (χ4n) is 5.01. The molecule has 2 N–H and O–H groups in total. The molecule has 3 nitrogen and oxygen atoms in total. The highest BCUT2D eigenvalue weighted by Crippen LogP contribution is 2.48. The van der Waals surface area contributed by atoms with Crippen molar-refractivity contribution in [1.82, 2.24) is 4.98 Å². The maximum atomic E-state index is 14.3. The first-order valence-corrected chi connectivity index (χ1v) is 10.7. The van der Waals surface area contributed by atoms with Gasteiger partial charge in [-0.15, -0.1) is 0 Å². The second-order valence-corrected chi connectivity index (χ2v) is 8.58. The lowest BCUT2D eigenvalue weighted by atomic mass is 9.63. The van der Waals surface area contributed by atoms with Crippen LogP contribution in [0.1, 0.15) is 43.7 Å². The first-order valence-electron chi connectivity index (χ1n) is 10.7. The average molecular weight is 428 g/mol. The van der Waals surface area contributed by atoms with Gasteiger partial charge in [-0.25, -0.2) is 0 Å². The molecule has 31 heavy (non-hydrogen) atoms. The van der Waals surface area contributed by atoms with Gasteiger partial charge in [-0.2, -0.15) is 13.2 Å². The lowest BCUT2D eigenvalue weighted by Gasteiger charge is -2.44. The number of benzene rings is 2. The molecule has 0 amide bonds. The van der Waals surface area contributed by atoms with Crippen molar-refractivity contribution in [2.45, 2.75) is 56.2 Å². The molecular formula is C25H27F3N2O. The highest BCUT2D eigenvalue weighted by Gasteiger charge is 2.57. The molecule has 0 saturated heterocycles. The molecule has 0 saturated carbocycles. The predicted octanol–water partition coefficient (Wildman–Crippen LogP) is 6.01. The molecule has 164 valence electrons. The highest BCUT2D eigenvalue weighted by molar-refractivity contribution is 5.91. The van der Waals surface area contributed by atoms with Gasteiger partial charge in [0.05, 0.1) is 12.1 Å². The Morgan fingerprint density at radius 3 is 2.65 bits per heavy atom. The molecule has 0 radical (unpaired) electrons. The lowest BCUT2D eigenvalue weighted by Crippen LogP contribution is -2.55. The van der Waals surface area contributed by atoms with Crippen molar-refractivity contribution in [1.29, 1.82) is 0 Å². The molecule has 2 unspecified atom stereocenters. The minimum absolute atomic E-state index is 0.368. The quantitative estimate of drug-likeness (QED) is 0.505. The van der Waals surface area contributed by atoms with Crippen molar-refractivity contribution in [3.63, 3.8) is 0 Å². The Morgan fingerprint density at radius 2 is 1.87 bits per heavy atom. The van der Waals surface area contributed by atoms with Crippen molar-refractivity contribution >= 4 is 16.6 Å². The summed E-state index contributed by atoms with van der Waals surface area (Å²) in [4.78, 5) is 4.25. The number of fused-ring (bicyclic) bond motifs is 2. The first kappa shape index (κ1) is 21.6. The van der Waals surface area contributed by atoms with E-state index in [-0.39, 0.29) is 6.42 Å². The van der Waals surface area contributed by atoms with Crippen LogP contribution in [0, 0.1) is 0 Å². The second-order valence-electron chi connectivity index (χ2n) is 8.58. The Bertz CT molecular complexity index is 1060. The van der Waals surface area contributed by atoms with Gasteiger partial charge < -0.3 is 10.4 Å². The van der Waals surface area contributed by atoms with Crippen molar-refractivity contribution in [2.24, 2.45) is 0 Å². The van der Waals surface area contributed by atoms with Gasteiger partial charge in [0.2, 0.25) is 0 Å². The van der Waals surface area contributed by atoms with Gasteiger partial charge in [-0.3, -0.25) is 4.98 Å². The zero-order valence-corrected chi connectivity index (χ0v) is 17.5. The van der Waals surface area contributed by atoms with E-state index in [1.807, 2.05) is 43.3 Å². The average Bonchev–Trinajstić information content (AvgIpc) is 2.77. The number of hydrogen-bond donors (Lipinski definition) is 2. The maximum absolute atomic E-state index is 14.3. The summed E-state index contributed by atoms with van der Waals surface area (Å²) >= 11 is 0. The number of pyridine rings is 1. The fraction of sp³-hybridized carbons (Fsp3) is 0.400. The Hall–Kier alpha value is -2.60. The number of rotatable bonds is 6. The lowest BCUT2D eigenvalue weighted by molar-refractivity contribution is -0.262. The standard InChI is InChI=1S/C25H27F3N2O/c1-2-23(14-6-9-18-8-3-4-11-20(18)23)16-24(31,25(26,27)28)17-30-22-13-5-12-21-19(22)10-7-15-29-21/h3-5,7-8,10-13,15,30-31H,2,6,9,14,16-17H2,1H3. The maximum Gasteiger partial charge on any atom is 0.418 e. The van der Waals surface area contributed by atoms with E-state index < -0.39 is 23.7 Å². The third-order valence-electron chi connectivity index (χ3n) is 6.74. The van der Waals surface area contributed by atoms with Crippen LogP contribution in [-0.4, -0.2) is 28.4 Å². The van der Waals surface area contributed by atoms with E-state index in [4.69, 9.17) is 0 Å². The zero-order chi connectivity index (χ0) is 22.1. The minimum atomic E-state index is -4.77. The third kappa shape index (κ3) is 4.01. The predicted molar refractivity (Wildman–Crippen MR) is 117 cm³/mol. The minimum Gasteiger partial charge on any atom is -0.381 e. The van der Waals surface area contributed by atoms with E-state index >= 15 is 0 Å². The molecule has 6 heteroatoms. The Kier molecular flexibility index (Phi) is 5.69. The van der Waals surface area contributed by atoms with E-state index in [0.717, 1.165) is 29.4 Å². The Balaban J connectivity index is 1.67. The van der Waals surface area contributed by atoms with Crippen LogP contribution >= 0.6 is 0 Å². The molecule has 1 aliphatic rings. The topological polar surface area (TPSA) is 45.1 Å². The highest BCUT2D eigenvalue weighted by atomic mass is 19.4. The summed E-state index contributed by atoms with van der Waals surface area (Å²) in [6.45, 7) is 1.30. The molecule has 0 fully saturated rings. The summed E-state index contributed by atoms with van der Waals surface area (Å²) in [6, 6.07) is 16.5. The third-order valence-corrected chi connectivity index (χ3v) is 6.74. The normalized spacial score (nSPS) is 20.8. The van der Waals surface area contributed by atoms with Crippen LogP contribution in [0.5, 0.6) is 0 Å². The number of aliphatic hydroxyl groups is 1. The number of alkyl halides is 3. The number of aryl methyl sites for hydroxylation is 1. The molecule has 1 aliphatic carbocycles. The zero-order valence-electron chi connectivity index (χ0n) is 17.5. The summed E-state index contributed by atoms with van der Waals surface area (Å²) in [6.07, 6.45) is -0.628. The van der Waals surface area contributed by atoms with Gasteiger partial charge in [0.15, 0.2) is 5.60 Å². The smallest absolute Gasteiger partial charge is 0.381 e. The Labute approximate surface area is 180 Å². The van der Waals surface area contributed by atoms with Crippen LogP contribution in [0.15, 0.2) is 60.8 Å². The van der Waals surface area contributed by atoms with Gasteiger partial charge in [-0.1, -0.05) is 37.3 Å². The molecule has 4 rings (SSSR count). The summed E-state index contributed by atoms with van der Waals surface area (Å²) in [5, 5.41) is 14.7. The largest absolute Gasteiger partial charge is 0.418 e. The molecule has 1 aromatic heterocycles.